The van der Waals surface area contributed by atoms with Gasteiger partial charge in [0.25, 0.3) is 5.91 Å². The van der Waals surface area contributed by atoms with E-state index in [0.29, 0.717) is 18.7 Å². The third-order valence-corrected chi connectivity index (χ3v) is 3.58. The minimum Gasteiger partial charge on any atom is -0.388 e. The van der Waals surface area contributed by atoms with Gasteiger partial charge in [-0.05, 0) is 6.54 Å². The van der Waals surface area contributed by atoms with Gasteiger partial charge in [0, 0.05) is 24.9 Å². The van der Waals surface area contributed by atoms with Gasteiger partial charge in [-0.25, -0.2) is 4.98 Å². The summed E-state index contributed by atoms with van der Waals surface area (Å²) in [5.41, 5.74) is 5.77. The number of hydrogen-bond acceptors (Lipinski definition) is 6. The molecule has 0 spiro atoms. The van der Waals surface area contributed by atoms with Crippen molar-refractivity contribution in [3.05, 3.63) is 16.1 Å². The van der Waals surface area contributed by atoms with Crippen molar-refractivity contribution in [2.75, 3.05) is 19.6 Å². The predicted molar refractivity (Wildman–Crippen MR) is 62.8 cm³/mol. The molecule has 2 heterocycles. The molecule has 0 bridgehead atoms. The first-order valence-electron chi connectivity index (χ1n) is 5.41. The number of amides is 1. The van der Waals surface area contributed by atoms with E-state index in [0.717, 1.165) is 5.01 Å². The molecule has 4 N–H and O–H groups in total. The third-order valence-electron chi connectivity index (χ3n) is 2.68. The molecule has 1 amide bonds. The number of rotatable bonds is 3. The van der Waals surface area contributed by atoms with Crippen LogP contribution in [0.15, 0.2) is 5.38 Å². The molecule has 0 unspecified atom stereocenters. The van der Waals surface area contributed by atoms with E-state index in [9.17, 15) is 15.0 Å². The first-order valence-corrected chi connectivity index (χ1v) is 6.29. The van der Waals surface area contributed by atoms with Gasteiger partial charge in [-0.1, -0.05) is 0 Å². The van der Waals surface area contributed by atoms with Gasteiger partial charge in [0.2, 0.25) is 0 Å². The Labute approximate surface area is 103 Å². The van der Waals surface area contributed by atoms with Gasteiger partial charge in [0.15, 0.2) is 0 Å². The molecule has 1 aromatic rings. The van der Waals surface area contributed by atoms with Crippen LogP contribution in [0.3, 0.4) is 0 Å². The molecule has 17 heavy (non-hydrogen) atoms. The minimum absolute atomic E-state index is 0.156. The average molecular weight is 257 g/mol. The van der Waals surface area contributed by atoms with Crippen molar-refractivity contribution in [2.45, 2.75) is 18.6 Å². The highest BCUT2D eigenvalue weighted by Gasteiger charge is 2.33. The predicted octanol–water partition coefficient (Wildman–Crippen LogP) is -1.18. The van der Waals surface area contributed by atoms with E-state index < -0.39 is 12.2 Å². The van der Waals surface area contributed by atoms with Crippen LogP contribution in [0, 0.1) is 0 Å². The highest BCUT2D eigenvalue weighted by molar-refractivity contribution is 7.09. The van der Waals surface area contributed by atoms with Gasteiger partial charge in [-0.15, -0.1) is 11.3 Å². The Morgan fingerprint density at radius 1 is 1.53 bits per heavy atom. The second-order valence-electron chi connectivity index (χ2n) is 4.01. The summed E-state index contributed by atoms with van der Waals surface area (Å²) in [4.78, 5) is 17.6. The lowest BCUT2D eigenvalue weighted by atomic mass is 10.3. The lowest BCUT2D eigenvalue weighted by Crippen LogP contribution is -2.30. The van der Waals surface area contributed by atoms with Crippen LogP contribution >= 0.6 is 11.3 Å². The number of nitrogens with zero attached hydrogens (tertiary/aromatic N) is 2. The van der Waals surface area contributed by atoms with Gasteiger partial charge < -0.3 is 20.8 Å². The summed E-state index contributed by atoms with van der Waals surface area (Å²) in [7, 11) is 0. The first-order chi connectivity index (χ1) is 8.11. The van der Waals surface area contributed by atoms with Gasteiger partial charge in [-0.2, -0.15) is 0 Å². The van der Waals surface area contributed by atoms with Crippen LogP contribution in [-0.2, 0) is 6.42 Å². The monoisotopic (exact) mass is 257 g/mol. The number of hydrogen-bond donors (Lipinski definition) is 3. The molecule has 1 aliphatic rings. The Kier molecular flexibility index (Phi) is 3.72. The van der Waals surface area contributed by atoms with Crippen molar-refractivity contribution in [3.63, 3.8) is 0 Å². The molecule has 0 aromatic carbocycles. The summed E-state index contributed by atoms with van der Waals surface area (Å²) in [5, 5.41) is 21.3. The summed E-state index contributed by atoms with van der Waals surface area (Å²) >= 11 is 1.40. The van der Waals surface area contributed by atoms with Gasteiger partial charge in [-0.3, -0.25) is 4.79 Å². The van der Waals surface area contributed by atoms with Crippen LogP contribution in [0.1, 0.15) is 15.5 Å². The zero-order valence-electron chi connectivity index (χ0n) is 9.24. The average Bonchev–Trinajstić information content (AvgIpc) is 2.87. The van der Waals surface area contributed by atoms with Gasteiger partial charge >= 0.3 is 0 Å². The fourth-order valence-corrected chi connectivity index (χ4v) is 2.53. The fourth-order valence-electron chi connectivity index (χ4n) is 1.74. The molecule has 0 aliphatic carbocycles. The molecule has 2 atom stereocenters. The number of aromatic nitrogens is 1. The van der Waals surface area contributed by atoms with Crippen LogP contribution in [-0.4, -0.2) is 57.8 Å². The SMILES string of the molecule is NCCc1nc(C(=O)N2C[C@@H](O)[C@@H](O)C2)cs1. The maximum Gasteiger partial charge on any atom is 0.273 e. The van der Waals surface area contributed by atoms with Crippen LogP contribution < -0.4 is 5.73 Å². The summed E-state index contributed by atoms with van der Waals surface area (Å²) in [5.74, 6) is -0.250. The molecule has 1 fully saturated rings. The summed E-state index contributed by atoms with van der Waals surface area (Å²) in [6, 6.07) is 0. The normalized spacial score (nSPS) is 24.3. The molecule has 2 rings (SSSR count). The quantitative estimate of drug-likeness (QED) is 0.633. The van der Waals surface area contributed by atoms with Crippen molar-refractivity contribution in [1.82, 2.24) is 9.88 Å². The van der Waals surface area contributed by atoms with Crippen molar-refractivity contribution in [3.8, 4) is 0 Å². The largest absolute Gasteiger partial charge is 0.388 e. The smallest absolute Gasteiger partial charge is 0.273 e. The lowest BCUT2D eigenvalue weighted by Gasteiger charge is -2.13. The maximum absolute atomic E-state index is 12.0. The van der Waals surface area contributed by atoms with E-state index in [-0.39, 0.29) is 19.0 Å². The molecule has 7 heteroatoms. The van der Waals surface area contributed by atoms with Crippen molar-refractivity contribution >= 4 is 17.2 Å². The minimum atomic E-state index is -0.860. The molecule has 1 saturated heterocycles. The zero-order valence-corrected chi connectivity index (χ0v) is 10.1. The second kappa shape index (κ2) is 5.09. The van der Waals surface area contributed by atoms with E-state index in [4.69, 9.17) is 5.73 Å². The van der Waals surface area contributed by atoms with Crippen LogP contribution in [0.4, 0.5) is 0 Å². The number of thiazole rings is 1. The first kappa shape index (κ1) is 12.4. The summed E-state index contributed by atoms with van der Waals surface area (Å²) in [6.45, 7) is 0.815. The van der Waals surface area contributed by atoms with Crippen LogP contribution in [0.25, 0.3) is 0 Å². The summed E-state index contributed by atoms with van der Waals surface area (Å²) in [6.07, 6.45) is -1.06. The Morgan fingerprint density at radius 3 is 2.76 bits per heavy atom. The molecule has 0 saturated carbocycles. The molecule has 0 radical (unpaired) electrons. The van der Waals surface area contributed by atoms with Crippen LogP contribution in [0.5, 0.6) is 0 Å². The van der Waals surface area contributed by atoms with E-state index in [1.807, 2.05) is 0 Å². The number of β-amino-alcohol motifs (C(OH)–C–C–N with tert-alkyl or cyclic N) is 2. The Morgan fingerprint density at radius 2 is 2.18 bits per heavy atom. The number of carbonyl (C=O) groups is 1. The number of likely N-dealkylation sites (tertiary alicyclic amines) is 1. The van der Waals surface area contributed by atoms with Crippen LogP contribution in [0.2, 0.25) is 0 Å². The molecular weight excluding hydrogens is 242 g/mol. The number of nitrogens with two attached hydrogens (primary N) is 1. The standard InChI is InChI=1S/C10H15N3O3S/c11-2-1-9-12-6(5-17-9)10(16)13-3-7(14)8(15)4-13/h5,7-8,14-15H,1-4,11H2/t7-,8+. The van der Waals surface area contributed by atoms with Crippen molar-refractivity contribution < 1.29 is 15.0 Å². The topological polar surface area (TPSA) is 99.7 Å². The number of carbonyl (C=O) groups excluding carboxylic acids is 1. The van der Waals surface area contributed by atoms with Crippen molar-refractivity contribution in [1.29, 1.82) is 0 Å². The molecule has 1 aromatic heterocycles. The Hall–Kier alpha value is -1.02. The van der Waals surface area contributed by atoms with Gasteiger partial charge in [0.1, 0.15) is 5.69 Å². The van der Waals surface area contributed by atoms with Gasteiger partial charge in [0.05, 0.1) is 17.2 Å². The van der Waals surface area contributed by atoms with E-state index in [1.165, 1.54) is 16.2 Å². The summed E-state index contributed by atoms with van der Waals surface area (Å²) < 4.78 is 0. The second-order valence-corrected chi connectivity index (χ2v) is 4.95. The van der Waals surface area contributed by atoms with E-state index in [2.05, 4.69) is 4.98 Å². The van der Waals surface area contributed by atoms with E-state index in [1.54, 1.807) is 5.38 Å². The zero-order chi connectivity index (χ0) is 12.4. The molecular formula is C10H15N3O3S. The number of aliphatic hydroxyl groups excluding tert-OH is 2. The molecule has 94 valence electrons. The highest BCUT2D eigenvalue weighted by Crippen LogP contribution is 2.16. The van der Waals surface area contributed by atoms with Crippen molar-refractivity contribution in [2.24, 2.45) is 5.73 Å². The molecule has 6 nitrogen and oxygen atoms in total. The number of aliphatic hydroxyl groups is 2. The molecule has 1 aliphatic heterocycles. The Balaban J connectivity index is 2.04. The van der Waals surface area contributed by atoms with E-state index >= 15 is 0 Å². The Bertz CT molecular complexity index is 399. The highest BCUT2D eigenvalue weighted by atomic mass is 32.1. The fraction of sp³-hybridized carbons (Fsp3) is 0.600. The lowest BCUT2D eigenvalue weighted by molar-refractivity contribution is 0.0572. The third kappa shape index (κ3) is 2.63. The maximum atomic E-state index is 12.0.